The number of anilines is 3. The summed E-state index contributed by atoms with van der Waals surface area (Å²) in [6, 6.07) is 31.8. The number of hydrogen-bond donors (Lipinski definition) is 1. The van der Waals surface area contributed by atoms with Crippen LogP contribution >= 0.6 is 22.7 Å². The highest BCUT2D eigenvalue weighted by molar-refractivity contribution is 7.21. The molecule has 6 aromatic rings. The van der Waals surface area contributed by atoms with E-state index in [1.807, 2.05) is 90.3 Å². The Balaban J connectivity index is 1.52. The molecule has 0 unspecified atom stereocenters. The molecule has 2 N–H and O–H groups in total. The van der Waals surface area contributed by atoms with Crippen molar-refractivity contribution in [1.29, 1.82) is 0 Å². The first kappa shape index (κ1) is 20.6. The summed E-state index contributed by atoms with van der Waals surface area (Å²) >= 11 is 2.98. The van der Waals surface area contributed by atoms with Gasteiger partial charge in [0, 0.05) is 16.5 Å². The van der Waals surface area contributed by atoms with Crippen molar-refractivity contribution in [1.82, 2.24) is 4.98 Å². The molecule has 0 fully saturated rings. The quantitative estimate of drug-likeness (QED) is 0.282. The zero-order valence-corrected chi connectivity index (χ0v) is 19.6. The largest absolute Gasteiger partial charge is 0.397 e. The first-order valence-electron chi connectivity index (χ1n) is 10.8. The van der Waals surface area contributed by atoms with Gasteiger partial charge in [-0.05, 0) is 47.2 Å². The fourth-order valence-corrected chi connectivity index (χ4v) is 5.88. The third-order valence-electron chi connectivity index (χ3n) is 5.79. The SMILES string of the molecule is Nc1c(C(=O)N(c2ccccc2)c2cccc3ccccc23)sc2nc(-c3cccs3)ccc12. The maximum absolute atomic E-state index is 14.1. The highest BCUT2D eigenvalue weighted by atomic mass is 32.1. The van der Waals surface area contributed by atoms with Gasteiger partial charge < -0.3 is 5.73 Å². The van der Waals surface area contributed by atoms with Crippen molar-refractivity contribution in [2.75, 3.05) is 10.6 Å². The van der Waals surface area contributed by atoms with E-state index in [1.165, 1.54) is 11.3 Å². The van der Waals surface area contributed by atoms with Crippen LogP contribution in [0.15, 0.2) is 102 Å². The molecule has 3 heterocycles. The van der Waals surface area contributed by atoms with Gasteiger partial charge in [0.1, 0.15) is 9.71 Å². The molecule has 0 saturated carbocycles. The predicted octanol–water partition coefficient (Wildman–Crippen LogP) is 7.74. The number of amides is 1. The van der Waals surface area contributed by atoms with E-state index in [9.17, 15) is 4.79 Å². The number of para-hydroxylation sites is 1. The van der Waals surface area contributed by atoms with Crippen molar-refractivity contribution in [3.05, 3.63) is 107 Å². The van der Waals surface area contributed by atoms with Crippen LogP contribution in [0, 0.1) is 0 Å². The lowest BCUT2D eigenvalue weighted by Gasteiger charge is -2.24. The van der Waals surface area contributed by atoms with Gasteiger partial charge in [0.2, 0.25) is 0 Å². The fraction of sp³-hybridized carbons (Fsp3) is 0. The molecular weight excluding hydrogens is 458 g/mol. The summed E-state index contributed by atoms with van der Waals surface area (Å²) in [6.07, 6.45) is 0. The lowest BCUT2D eigenvalue weighted by molar-refractivity contribution is 0.100. The minimum absolute atomic E-state index is 0.166. The van der Waals surface area contributed by atoms with E-state index >= 15 is 0 Å². The average Bonchev–Trinajstić information content (AvgIpc) is 3.53. The van der Waals surface area contributed by atoms with E-state index in [0.717, 1.165) is 42.9 Å². The molecule has 1 amide bonds. The highest BCUT2D eigenvalue weighted by Crippen LogP contribution is 2.39. The number of fused-ring (bicyclic) bond motifs is 2. The Morgan fingerprint density at radius 1 is 0.794 bits per heavy atom. The van der Waals surface area contributed by atoms with Crippen molar-refractivity contribution < 1.29 is 4.79 Å². The van der Waals surface area contributed by atoms with E-state index in [-0.39, 0.29) is 5.91 Å². The highest BCUT2D eigenvalue weighted by Gasteiger charge is 2.26. The second-order valence-corrected chi connectivity index (χ2v) is 9.79. The van der Waals surface area contributed by atoms with Crippen LogP contribution in [0.25, 0.3) is 31.6 Å². The number of carbonyl (C=O) groups excluding carboxylic acids is 1. The van der Waals surface area contributed by atoms with Crippen molar-refractivity contribution in [2.45, 2.75) is 0 Å². The molecule has 4 nitrogen and oxygen atoms in total. The molecule has 0 spiro atoms. The number of pyridine rings is 1. The number of carbonyl (C=O) groups is 1. The zero-order chi connectivity index (χ0) is 23.1. The monoisotopic (exact) mass is 477 g/mol. The topological polar surface area (TPSA) is 59.2 Å². The summed E-state index contributed by atoms with van der Waals surface area (Å²) in [5, 5.41) is 4.90. The van der Waals surface area contributed by atoms with Crippen molar-refractivity contribution in [3.63, 3.8) is 0 Å². The summed E-state index contributed by atoms with van der Waals surface area (Å²) in [6.45, 7) is 0. The number of benzene rings is 3. The van der Waals surface area contributed by atoms with Gasteiger partial charge in [0.15, 0.2) is 0 Å². The van der Waals surface area contributed by atoms with Crippen molar-refractivity contribution >= 4 is 66.6 Å². The molecule has 0 aliphatic carbocycles. The number of hydrogen-bond acceptors (Lipinski definition) is 5. The van der Waals surface area contributed by atoms with Gasteiger partial charge >= 0.3 is 0 Å². The fourth-order valence-electron chi connectivity index (χ4n) is 4.17. The number of aromatic nitrogens is 1. The van der Waals surface area contributed by atoms with Gasteiger partial charge in [0.05, 0.1) is 21.9 Å². The van der Waals surface area contributed by atoms with E-state index in [1.54, 1.807) is 16.2 Å². The molecular formula is C28H19N3OS2. The molecule has 0 radical (unpaired) electrons. The number of rotatable bonds is 4. The van der Waals surface area contributed by atoms with Crippen LogP contribution in [0.4, 0.5) is 17.1 Å². The predicted molar refractivity (Wildman–Crippen MR) is 144 cm³/mol. The summed E-state index contributed by atoms with van der Waals surface area (Å²) in [7, 11) is 0. The Bertz CT molecular complexity index is 1630. The number of nitrogens with zero attached hydrogens (tertiary/aromatic N) is 2. The molecule has 0 saturated heterocycles. The molecule has 0 aliphatic heterocycles. The molecule has 0 aliphatic rings. The third-order valence-corrected chi connectivity index (χ3v) is 7.78. The van der Waals surface area contributed by atoms with E-state index in [0.29, 0.717) is 10.6 Å². The van der Waals surface area contributed by atoms with E-state index in [2.05, 4.69) is 12.1 Å². The van der Waals surface area contributed by atoms with Crippen LogP contribution < -0.4 is 10.6 Å². The van der Waals surface area contributed by atoms with Gasteiger partial charge in [-0.2, -0.15) is 0 Å². The maximum atomic E-state index is 14.1. The van der Waals surface area contributed by atoms with Crippen LogP contribution in [-0.4, -0.2) is 10.9 Å². The number of nitrogens with two attached hydrogens (primary N) is 1. The summed E-state index contributed by atoms with van der Waals surface area (Å²) in [4.78, 5) is 23.0. The third kappa shape index (κ3) is 3.44. The van der Waals surface area contributed by atoms with E-state index in [4.69, 9.17) is 10.7 Å². The summed E-state index contributed by atoms with van der Waals surface area (Å²) in [5.74, 6) is -0.166. The Hall–Kier alpha value is -4.00. The lowest BCUT2D eigenvalue weighted by atomic mass is 10.1. The van der Waals surface area contributed by atoms with Crippen LogP contribution in [-0.2, 0) is 0 Å². The second kappa shape index (κ2) is 8.41. The lowest BCUT2D eigenvalue weighted by Crippen LogP contribution is -2.26. The van der Waals surface area contributed by atoms with Gasteiger partial charge in [-0.3, -0.25) is 9.69 Å². The zero-order valence-electron chi connectivity index (χ0n) is 18.0. The van der Waals surface area contributed by atoms with Crippen LogP contribution in [0.2, 0.25) is 0 Å². The van der Waals surface area contributed by atoms with Crippen LogP contribution in [0.1, 0.15) is 9.67 Å². The first-order chi connectivity index (χ1) is 16.7. The molecule has 0 atom stereocenters. The Labute approximate surface area is 204 Å². The molecule has 3 aromatic heterocycles. The number of nitrogen functional groups attached to an aromatic ring is 1. The Kier molecular flexibility index (Phi) is 5.09. The normalized spacial score (nSPS) is 11.2. The standard InChI is InChI=1S/C28H19N3OS2/c29-25-21-15-16-22(24-14-7-17-33-24)30-27(21)34-26(25)28(32)31(19-10-2-1-3-11-19)23-13-6-9-18-8-4-5-12-20(18)23/h1-17H,29H2. The minimum Gasteiger partial charge on any atom is -0.397 e. The molecule has 34 heavy (non-hydrogen) atoms. The summed E-state index contributed by atoms with van der Waals surface area (Å²) < 4.78 is 0. The van der Waals surface area contributed by atoms with Gasteiger partial charge in [-0.15, -0.1) is 22.7 Å². The smallest absolute Gasteiger partial charge is 0.275 e. The summed E-state index contributed by atoms with van der Waals surface area (Å²) in [5.41, 5.74) is 9.50. The van der Waals surface area contributed by atoms with Gasteiger partial charge in [0.25, 0.3) is 5.91 Å². The molecule has 6 rings (SSSR count). The molecule has 6 heteroatoms. The van der Waals surface area contributed by atoms with Crippen molar-refractivity contribution in [2.24, 2.45) is 0 Å². The van der Waals surface area contributed by atoms with Crippen molar-refractivity contribution in [3.8, 4) is 10.6 Å². The van der Waals surface area contributed by atoms with Gasteiger partial charge in [-0.1, -0.05) is 60.7 Å². The van der Waals surface area contributed by atoms with Gasteiger partial charge in [-0.25, -0.2) is 4.98 Å². The van der Waals surface area contributed by atoms with Crippen LogP contribution in [0.3, 0.4) is 0 Å². The Morgan fingerprint density at radius 3 is 2.41 bits per heavy atom. The molecule has 164 valence electrons. The molecule has 0 bridgehead atoms. The van der Waals surface area contributed by atoms with E-state index < -0.39 is 0 Å². The Morgan fingerprint density at radius 2 is 1.59 bits per heavy atom. The molecule has 3 aromatic carbocycles. The second-order valence-electron chi connectivity index (χ2n) is 7.85. The number of thiophene rings is 2. The first-order valence-corrected chi connectivity index (χ1v) is 12.5. The minimum atomic E-state index is -0.166. The van der Waals surface area contributed by atoms with Crippen LogP contribution in [0.5, 0.6) is 0 Å². The average molecular weight is 478 g/mol. The maximum Gasteiger partial charge on any atom is 0.275 e.